The molecule has 4 heteroatoms. The Labute approximate surface area is 144 Å². The van der Waals surface area contributed by atoms with Crippen LogP contribution in [0.1, 0.15) is 18.1 Å². The molecule has 2 aromatic rings. The molecule has 2 aliphatic rings. The lowest BCUT2D eigenvalue weighted by Gasteiger charge is -2.41. The van der Waals surface area contributed by atoms with Crippen LogP contribution in [-0.2, 0) is 13.0 Å². The topological polar surface area (TPSA) is 22.6 Å². The molecular weight excluding hydrogens is 296 g/mol. The molecule has 126 valence electrons. The minimum absolute atomic E-state index is 0.485. The van der Waals surface area contributed by atoms with Crippen molar-refractivity contribution in [3.05, 3.63) is 59.8 Å². The van der Waals surface area contributed by atoms with Crippen LogP contribution >= 0.6 is 0 Å². The van der Waals surface area contributed by atoms with Crippen molar-refractivity contribution in [2.24, 2.45) is 0 Å². The van der Waals surface area contributed by atoms with Gasteiger partial charge in [-0.2, -0.15) is 0 Å². The van der Waals surface area contributed by atoms with E-state index in [1.165, 1.54) is 16.9 Å². The number of likely N-dealkylation sites (N-methyl/N-ethyl adjacent to an activating group) is 1. The number of aromatic nitrogens is 1. The van der Waals surface area contributed by atoms with Crippen molar-refractivity contribution in [1.82, 2.24) is 14.8 Å². The third-order valence-electron chi connectivity index (χ3n) is 5.32. The van der Waals surface area contributed by atoms with E-state index in [1.54, 1.807) is 0 Å². The maximum Gasteiger partial charge on any atom is 0.133 e. The van der Waals surface area contributed by atoms with E-state index in [0.29, 0.717) is 6.17 Å². The molecule has 0 radical (unpaired) electrons. The lowest BCUT2D eigenvalue weighted by Crippen LogP contribution is -2.55. The predicted molar refractivity (Wildman–Crippen MR) is 98.0 cm³/mol. The lowest BCUT2D eigenvalue weighted by atomic mass is 10.1. The molecule has 0 bridgehead atoms. The molecule has 4 rings (SSSR count). The van der Waals surface area contributed by atoms with Crippen LogP contribution in [0.2, 0.25) is 0 Å². The first kappa shape index (κ1) is 15.6. The Morgan fingerprint density at radius 2 is 1.79 bits per heavy atom. The molecule has 2 aliphatic heterocycles. The summed E-state index contributed by atoms with van der Waals surface area (Å²) < 4.78 is 0. The maximum atomic E-state index is 4.62. The zero-order valence-electron chi connectivity index (χ0n) is 14.4. The molecule has 1 atom stereocenters. The molecule has 3 heterocycles. The van der Waals surface area contributed by atoms with Gasteiger partial charge in [-0.1, -0.05) is 36.4 Å². The van der Waals surface area contributed by atoms with Crippen LogP contribution in [-0.4, -0.2) is 53.7 Å². The molecule has 0 spiro atoms. The van der Waals surface area contributed by atoms with Crippen LogP contribution in [0.15, 0.2) is 48.7 Å². The fourth-order valence-corrected chi connectivity index (χ4v) is 4.04. The summed E-state index contributed by atoms with van der Waals surface area (Å²) in [5.74, 6) is 1.19. The molecule has 0 amide bonds. The molecule has 1 fully saturated rings. The third kappa shape index (κ3) is 3.04. The number of rotatable bonds is 4. The molecular formula is C20H26N4. The SMILES string of the molecule is CCN1c2ncccc2C[C@@H]1N1CCN(Cc2ccccc2)CC1. The summed E-state index contributed by atoms with van der Waals surface area (Å²) in [6, 6.07) is 15.1. The number of benzene rings is 1. The second-order valence-corrected chi connectivity index (χ2v) is 6.75. The van der Waals surface area contributed by atoms with Gasteiger partial charge in [0.25, 0.3) is 0 Å². The third-order valence-corrected chi connectivity index (χ3v) is 5.32. The average Bonchev–Trinajstić information content (AvgIpc) is 3.02. The predicted octanol–water partition coefficient (Wildman–Crippen LogP) is 2.61. The van der Waals surface area contributed by atoms with Gasteiger partial charge in [-0.25, -0.2) is 4.98 Å². The number of nitrogens with zero attached hydrogens (tertiary/aromatic N) is 4. The van der Waals surface area contributed by atoms with Gasteiger partial charge in [0.2, 0.25) is 0 Å². The van der Waals surface area contributed by atoms with Crippen molar-refractivity contribution < 1.29 is 0 Å². The Hall–Kier alpha value is -1.91. The number of fused-ring (bicyclic) bond motifs is 1. The summed E-state index contributed by atoms with van der Waals surface area (Å²) in [6.45, 7) is 8.91. The van der Waals surface area contributed by atoms with E-state index in [9.17, 15) is 0 Å². The normalized spacial score (nSPS) is 21.9. The van der Waals surface area contributed by atoms with Gasteiger partial charge >= 0.3 is 0 Å². The smallest absolute Gasteiger partial charge is 0.133 e. The number of anilines is 1. The van der Waals surface area contributed by atoms with Gasteiger partial charge in [0, 0.05) is 51.9 Å². The van der Waals surface area contributed by atoms with E-state index in [1.807, 2.05) is 6.20 Å². The summed E-state index contributed by atoms with van der Waals surface area (Å²) in [4.78, 5) is 12.3. The summed E-state index contributed by atoms with van der Waals surface area (Å²) in [5, 5.41) is 0. The van der Waals surface area contributed by atoms with Crippen molar-refractivity contribution in [3.8, 4) is 0 Å². The Bertz CT molecular complexity index is 664. The molecule has 0 aliphatic carbocycles. The number of hydrogen-bond acceptors (Lipinski definition) is 4. The molecule has 0 N–H and O–H groups in total. The van der Waals surface area contributed by atoms with Crippen LogP contribution in [0.4, 0.5) is 5.82 Å². The van der Waals surface area contributed by atoms with Crippen LogP contribution in [0.5, 0.6) is 0 Å². The zero-order valence-corrected chi connectivity index (χ0v) is 14.4. The van der Waals surface area contributed by atoms with Gasteiger partial charge < -0.3 is 4.90 Å². The Morgan fingerprint density at radius 3 is 2.54 bits per heavy atom. The molecule has 24 heavy (non-hydrogen) atoms. The zero-order chi connectivity index (χ0) is 16.4. The van der Waals surface area contributed by atoms with Crippen molar-refractivity contribution >= 4 is 5.82 Å². The first-order valence-corrected chi connectivity index (χ1v) is 9.06. The highest BCUT2D eigenvalue weighted by Crippen LogP contribution is 2.31. The van der Waals surface area contributed by atoms with Crippen molar-refractivity contribution in [2.75, 3.05) is 37.6 Å². The molecule has 1 aromatic heterocycles. The minimum atomic E-state index is 0.485. The fourth-order valence-electron chi connectivity index (χ4n) is 4.04. The van der Waals surface area contributed by atoms with Crippen LogP contribution < -0.4 is 4.90 Å². The first-order chi connectivity index (χ1) is 11.8. The number of hydrogen-bond donors (Lipinski definition) is 0. The van der Waals surface area contributed by atoms with Gasteiger partial charge in [-0.15, -0.1) is 0 Å². The van der Waals surface area contributed by atoms with Gasteiger partial charge in [0.15, 0.2) is 0 Å². The van der Waals surface area contributed by atoms with Crippen LogP contribution in [0.25, 0.3) is 0 Å². The molecule has 1 saturated heterocycles. The molecule has 4 nitrogen and oxygen atoms in total. The second-order valence-electron chi connectivity index (χ2n) is 6.75. The summed E-state index contributed by atoms with van der Waals surface area (Å²) in [5.41, 5.74) is 2.81. The monoisotopic (exact) mass is 322 g/mol. The summed E-state index contributed by atoms with van der Waals surface area (Å²) >= 11 is 0. The van der Waals surface area contributed by atoms with Gasteiger partial charge in [0.05, 0.1) is 6.17 Å². The number of piperazine rings is 1. The highest BCUT2D eigenvalue weighted by atomic mass is 15.4. The van der Waals surface area contributed by atoms with Crippen LogP contribution in [0, 0.1) is 0 Å². The largest absolute Gasteiger partial charge is 0.341 e. The van der Waals surface area contributed by atoms with Crippen molar-refractivity contribution in [1.29, 1.82) is 0 Å². The quantitative estimate of drug-likeness (QED) is 0.863. The van der Waals surface area contributed by atoms with Crippen molar-refractivity contribution in [3.63, 3.8) is 0 Å². The minimum Gasteiger partial charge on any atom is -0.341 e. The van der Waals surface area contributed by atoms with Crippen molar-refractivity contribution in [2.45, 2.75) is 26.1 Å². The number of pyridine rings is 1. The Morgan fingerprint density at radius 1 is 1.00 bits per heavy atom. The summed E-state index contributed by atoms with van der Waals surface area (Å²) in [7, 11) is 0. The highest BCUT2D eigenvalue weighted by Gasteiger charge is 2.34. The second kappa shape index (κ2) is 6.91. The molecule has 1 aromatic carbocycles. The lowest BCUT2D eigenvalue weighted by molar-refractivity contribution is 0.0930. The molecule has 0 unspecified atom stereocenters. The fraction of sp³-hybridized carbons (Fsp3) is 0.450. The highest BCUT2D eigenvalue weighted by molar-refractivity contribution is 5.53. The van der Waals surface area contributed by atoms with E-state index in [0.717, 1.165) is 45.7 Å². The summed E-state index contributed by atoms with van der Waals surface area (Å²) in [6.07, 6.45) is 3.51. The van der Waals surface area contributed by atoms with E-state index < -0.39 is 0 Å². The molecule has 0 saturated carbocycles. The Kier molecular flexibility index (Phi) is 4.50. The van der Waals surface area contributed by atoms with Crippen LogP contribution in [0.3, 0.4) is 0 Å². The first-order valence-electron chi connectivity index (χ1n) is 9.06. The van der Waals surface area contributed by atoms with E-state index in [4.69, 9.17) is 0 Å². The standard InChI is InChI=1S/C20H26N4/c1-2-24-19(15-18-9-6-10-21-20(18)24)23-13-11-22(12-14-23)16-17-7-4-3-5-8-17/h3-10,19H,2,11-16H2,1H3/t19-/m1/s1. The van der Waals surface area contributed by atoms with E-state index in [-0.39, 0.29) is 0 Å². The van der Waals surface area contributed by atoms with Gasteiger partial charge in [-0.05, 0) is 24.1 Å². The van der Waals surface area contributed by atoms with E-state index in [2.05, 4.69) is 69.1 Å². The Balaban J connectivity index is 1.38. The van der Waals surface area contributed by atoms with Gasteiger partial charge in [0.1, 0.15) is 5.82 Å². The van der Waals surface area contributed by atoms with E-state index >= 15 is 0 Å². The maximum absolute atomic E-state index is 4.62. The average molecular weight is 322 g/mol. The van der Waals surface area contributed by atoms with Gasteiger partial charge in [-0.3, -0.25) is 9.80 Å².